The standard InChI is InChI=1S/C20H22N2O6/c1-3-19(25,26)21-13-9-10-14(22-20(27,28)4-2)16-15(13)17(23)11-7-5-6-8-12(11)18(16)24/h5-10,21-22,25-28H,3-4H2,1-2H3. The van der Waals surface area contributed by atoms with Gasteiger partial charge in [-0.3, -0.25) is 9.59 Å². The van der Waals surface area contributed by atoms with Crippen LogP contribution >= 0.6 is 0 Å². The third-order valence-electron chi connectivity index (χ3n) is 4.73. The number of aliphatic hydroxyl groups is 4. The molecule has 0 atom stereocenters. The van der Waals surface area contributed by atoms with Crippen LogP contribution in [0.1, 0.15) is 58.5 Å². The van der Waals surface area contributed by atoms with Crippen molar-refractivity contribution >= 4 is 22.9 Å². The van der Waals surface area contributed by atoms with E-state index >= 15 is 0 Å². The quantitative estimate of drug-likeness (QED) is 0.349. The number of nitrogens with one attached hydrogen (secondary N) is 2. The lowest BCUT2D eigenvalue weighted by Crippen LogP contribution is -2.39. The first kappa shape index (κ1) is 20.0. The first-order valence-corrected chi connectivity index (χ1v) is 8.91. The van der Waals surface area contributed by atoms with Gasteiger partial charge in [0.1, 0.15) is 0 Å². The maximum Gasteiger partial charge on any atom is 0.243 e. The van der Waals surface area contributed by atoms with Crippen molar-refractivity contribution in [2.24, 2.45) is 0 Å². The lowest BCUT2D eigenvalue weighted by Gasteiger charge is -2.30. The summed E-state index contributed by atoms with van der Waals surface area (Å²) in [5, 5.41) is 44.8. The van der Waals surface area contributed by atoms with E-state index in [2.05, 4.69) is 10.6 Å². The Bertz CT molecular complexity index is 876. The van der Waals surface area contributed by atoms with Gasteiger partial charge in [0.15, 0.2) is 11.6 Å². The molecule has 0 unspecified atom stereocenters. The molecule has 2 aromatic rings. The lowest BCUT2D eigenvalue weighted by atomic mass is 9.82. The van der Waals surface area contributed by atoms with Gasteiger partial charge >= 0.3 is 0 Å². The molecule has 1 aliphatic rings. The summed E-state index contributed by atoms with van der Waals surface area (Å²) in [7, 11) is 0. The second-order valence-electron chi connectivity index (χ2n) is 6.70. The number of carbonyl (C=O) groups is 2. The highest BCUT2D eigenvalue weighted by atomic mass is 16.5. The van der Waals surface area contributed by atoms with Gasteiger partial charge in [-0.2, -0.15) is 0 Å². The largest absolute Gasteiger partial charge is 0.349 e. The molecule has 1 aliphatic carbocycles. The Morgan fingerprint density at radius 1 is 0.714 bits per heavy atom. The van der Waals surface area contributed by atoms with E-state index in [9.17, 15) is 30.0 Å². The zero-order valence-corrected chi connectivity index (χ0v) is 15.5. The van der Waals surface area contributed by atoms with Crippen LogP contribution in [-0.2, 0) is 0 Å². The molecule has 0 fully saturated rings. The van der Waals surface area contributed by atoms with Gasteiger partial charge in [-0.25, -0.2) is 0 Å². The van der Waals surface area contributed by atoms with E-state index in [0.717, 1.165) is 0 Å². The van der Waals surface area contributed by atoms with Crippen LogP contribution in [0.2, 0.25) is 0 Å². The molecule has 2 aromatic carbocycles. The predicted octanol–water partition coefficient (Wildman–Crippen LogP) is 1.38. The van der Waals surface area contributed by atoms with Crippen LogP contribution in [-0.4, -0.2) is 43.8 Å². The number of benzene rings is 2. The molecule has 0 aromatic heterocycles. The molecule has 0 bridgehead atoms. The van der Waals surface area contributed by atoms with E-state index in [1.807, 2.05) is 0 Å². The number of carbonyl (C=O) groups excluding carboxylic acids is 2. The highest BCUT2D eigenvalue weighted by Crippen LogP contribution is 2.38. The monoisotopic (exact) mass is 386 g/mol. The highest BCUT2D eigenvalue weighted by Gasteiger charge is 2.36. The van der Waals surface area contributed by atoms with E-state index in [1.54, 1.807) is 12.1 Å². The maximum atomic E-state index is 13.1. The maximum absolute atomic E-state index is 13.1. The van der Waals surface area contributed by atoms with Crippen LogP contribution in [0.3, 0.4) is 0 Å². The van der Waals surface area contributed by atoms with Crippen molar-refractivity contribution in [3.8, 4) is 0 Å². The van der Waals surface area contributed by atoms with Crippen molar-refractivity contribution < 1.29 is 30.0 Å². The zero-order chi connectivity index (χ0) is 20.7. The lowest BCUT2D eigenvalue weighted by molar-refractivity contribution is -0.138. The van der Waals surface area contributed by atoms with Gasteiger partial charge in [-0.05, 0) is 12.1 Å². The summed E-state index contributed by atoms with van der Waals surface area (Å²) < 4.78 is 0. The zero-order valence-electron chi connectivity index (χ0n) is 15.5. The SMILES string of the molecule is CCC(O)(O)Nc1ccc(NC(O)(O)CC)c2c1C(=O)c1ccccc1C2=O. The van der Waals surface area contributed by atoms with E-state index in [0.29, 0.717) is 0 Å². The van der Waals surface area contributed by atoms with Crippen LogP contribution < -0.4 is 10.6 Å². The van der Waals surface area contributed by atoms with Crippen molar-refractivity contribution in [3.63, 3.8) is 0 Å². The van der Waals surface area contributed by atoms with Crippen LogP contribution in [0, 0.1) is 0 Å². The summed E-state index contributed by atoms with van der Waals surface area (Å²) >= 11 is 0. The van der Waals surface area contributed by atoms with Gasteiger partial charge in [0.05, 0.1) is 22.5 Å². The fourth-order valence-corrected chi connectivity index (χ4v) is 3.04. The Kier molecular flexibility index (Phi) is 4.99. The summed E-state index contributed by atoms with van der Waals surface area (Å²) in [6, 6.07) is 9.04. The normalized spacial score (nSPS) is 13.8. The number of hydrogen-bond acceptors (Lipinski definition) is 8. The van der Waals surface area contributed by atoms with Gasteiger partial charge in [0.2, 0.25) is 11.8 Å². The van der Waals surface area contributed by atoms with E-state index in [1.165, 1.54) is 38.1 Å². The van der Waals surface area contributed by atoms with E-state index in [4.69, 9.17) is 0 Å². The summed E-state index contributed by atoms with van der Waals surface area (Å²) in [5.41, 5.74) is 0.348. The molecule has 8 heteroatoms. The third-order valence-corrected chi connectivity index (χ3v) is 4.73. The number of rotatable bonds is 6. The highest BCUT2D eigenvalue weighted by molar-refractivity contribution is 6.31. The second-order valence-corrected chi connectivity index (χ2v) is 6.70. The molecule has 3 rings (SSSR count). The van der Waals surface area contributed by atoms with Gasteiger partial charge < -0.3 is 31.1 Å². The van der Waals surface area contributed by atoms with Crippen LogP contribution in [0.15, 0.2) is 36.4 Å². The Balaban J connectivity index is 2.24. The van der Waals surface area contributed by atoms with Crippen LogP contribution in [0.25, 0.3) is 0 Å². The Hall–Kier alpha value is -2.78. The minimum atomic E-state index is -2.29. The fraction of sp³-hybridized carbons (Fsp3) is 0.300. The molecule has 148 valence electrons. The Labute approximate surface area is 161 Å². The first-order chi connectivity index (χ1) is 13.1. The van der Waals surface area contributed by atoms with Crippen molar-refractivity contribution in [2.45, 2.75) is 38.5 Å². The molecule has 0 spiro atoms. The average Bonchev–Trinajstić information content (AvgIpc) is 2.66. The third kappa shape index (κ3) is 3.50. The average molecular weight is 386 g/mol. The van der Waals surface area contributed by atoms with Crippen LogP contribution in [0.4, 0.5) is 11.4 Å². The summed E-state index contributed by atoms with van der Waals surface area (Å²) in [6.45, 7) is 3.07. The van der Waals surface area contributed by atoms with Crippen LogP contribution in [0.5, 0.6) is 0 Å². The number of fused-ring (bicyclic) bond motifs is 2. The molecule has 0 radical (unpaired) electrons. The van der Waals surface area contributed by atoms with E-state index in [-0.39, 0.29) is 46.5 Å². The predicted molar refractivity (Wildman–Crippen MR) is 102 cm³/mol. The first-order valence-electron chi connectivity index (χ1n) is 8.91. The van der Waals surface area contributed by atoms with Crippen molar-refractivity contribution in [2.75, 3.05) is 10.6 Å². The summed E-state index contributed by atoms with van der Waals surface area (Å²) in [4.78, 5) is 26.3. The Morgan fingerprint density at radius 2 is 1.07 bits per heavy atom. The molecule has 0 amide bonds. The fourth-order valence-electron chi connectivity index (χ4n) is 3.04. The van der Waals surface area contributed by atoms with Gasteiger partial charge in [0, 0.05) is 24.0 Å². The number of hydrogen-bond donors (Lipinski definition) is 6. The van der Waals surface area contributed by atoms with E-state index < -0.39 is 23.4 Å². The molecule has 6 N–H and O–H groups in total. The summed E-state index contributed by atoms with van der Waals surface area (Å²) in [6.07, 6.45) is -0.153. The molecular formula is C20H22N2O6. The molecule has 0 saturated heterocycles. The van der Waals surface area contributed by atoms with Crippen molar-refractivity contribution in [3.05, 3.63) is 58.7 Å². The minimum absolute atomic E-state index is 0.0539. The smallest absolute Gasteiger partial charge is 0.243 e. The topological polar surface area (TPSA) is 139 Å². The molecule has 28 heavy (non-hydrogen) atoms. The molecule has 0 saturated carbocycles. The molecule has 0 heterocycles. The molecule has 0 aliphatic heterocycles. The van der Waals surface area contributed by atoms with Gasteiger partial charge in [-0.1, -0.05) is 38.1 Å². The Morgan fingerprint density at radius 3 is 1.39 bits per heavy atom. The summed E-state index contributed by atoms with van der Waals surface area (Å²) in [5.74, 6) is -5.55. The second kappa shape index (κ2) is 6.99. The number of anilines is 2. The minimum Gasteiger partial charge on any atom is -0.349 e. The molecule has 8 nitrogen and oxygen atoms in total. The number of ketones is 2. The van der Waals surface area contributed by atoms with Crippen molar-refractivity contribution in [1.29, 1.82) is 0 Å². The molecular weight excluding hydrogens is 364 g/mol. The van der Waals surface area contributed by atoms with Crippen molar-refractivity contribution in [1.82, 2.24) is 0 Å². The van der Waals surface area contributed by atoms with Gasteiger partial charge in [0.25, 0.3) is 0 Å². The van der Waals surface area contributed by atoms with Gasteiger partial charge in [-0.15, -0.1) is 0 Å².